The van der Waals surface area contributed by atoms with Crippen molar-refractivity contribution in [3.63, 3.8) is 0 Å². The number of carbonyl (C=O) groups excluding carboxylic acids is 1. The number of fused-ring (bicyclic) bond motifs is 1. The van der Waals surface area contributed by atoms with E-state index >= 15 is 0 Å². The lowest BCUT2D eigenvalue weighted by Gasteiger charge is -2.25. The summed E-state index contributed by atoms with van der Waals surface area (Å²) >= 11 is 1.24. The van der Waals surface area contributed by atoms with Crippen molar-refractivity contribution in [3.8, 4) is 0 Å². The van der Waals surface area contributed by atoms with Crippen LogP contribution >= 0.6 is 11.3 Å². The molecular formula is C18H17FN4O4S2. The average Bonchev–Trinajstić information content (AvgIpc) is 3.28. The molecule has 1 aliphatic heterocycles. The third-order valence-corrected chi connectivity index (χ3v) is 7.23. The number of nitrogens with zero attached hydrogens (tertiary/aromatic N) is 3. The molecule has 0 radical (unpaired) electrons. The van der Waals surface area contributed by atoms with E-state index in [4.69, 9.17) is 4.52 Å². The highest BCUT2D eigenvalue weighted by Gasteiger charge is 2.29. The van der Waals surface area contributed by atoms with E-state index < -0.39 is 21.7 Å². The molecule has 2 aromatic heterocycles. The zero-order chi connectivity index (χ0) is 20.6. The van der Waals surface area contributed by atoms with Gasteiger partial charge in [0, 0.05) is 30.5 Å². The number of sulfonamides is 1. The van der Waals surface area contributed by atoms with E-state index in [1.807, 2.05) is 0 Å². The Labute approximate surface area is 170 Å². The largest absolute Gasteiger partial charge is 0.361 e. The van der Waals surface area contributed by atoms with Crippen molar-refractivity contribution in [2.24, 2.45) is 0 Å². The fourth-order valence-electron chi connectivity index (χ4n) is 2.98. The minimum Gasteiger partial charge on any atom is -0.361 e. The molecule has 1 amide bonds. The van der Waals surface area contributed by atoms with Crippen molar-refractivity contribution >= 4 is 32.4 Å². The predicted octanol–water partition coefficient (Wildman–Crippen LogP) is 2.72. The molecule has 0 unspecified atom stereocenters. The molecule has 1 aliphatic rings. The second-order valence-corrected chi connectivity index (χ2v) is 9.68. The van der Waals surface area contributed by atoms with Gasteiger partial charge in [0.05, 0.1) is 11.4 Å². The molecule has 8 nitrogen and oxygen atoms in total. The van der Waals surface area contributed by atoms with Crippen LogP contribution in [0, 0.1) is 12.7 Å². The Morgan fingerprint density at radius 2 is 2.10 bits per heavy atom. The zero-order valence-electron chi connectivity index (χ0n) is 15.4. The maximum Gasteiger partial charge on any atom is 0.279 e. The van der Waals surface area contributed by atoms with E-state index in [2.05, 4.69) is 15.5 Å². The summed E-state index contributed by atoms with van der Waals surface area (Å²) in [6.45, 7) is 2.18. The number of amides is 1. The van der Waals surface area contributed by atoms with E-state index in [-0.39, 0.29) is 18.0 Å². The summed E-state index contributed by atoms with van der Waals surface area (Å²) in [5.74, 6) is -0.519. The molecule has 0 bridgehead atoms. The smallest absolute Gasteiger partial charge is 0.279 e. The zero-order valence-corrected chi connectivity index (χ0v) is 17.0. The van der Waals surface area contributed by atoms with Gasteiger partial charge in [-0.3, -0.25) is 10.1 Å². The summed E-state index contributed by atoms with van der Waals surface area (Å²) in [5, 5.41) is 6.72. The molecule has 0 saturated heterocycles. The van der Waals surface area contributed by atoms with Crippen molar-refractivity contribution in [1.29, 1.82) is 0 Å². The minimum atomic E-state index is -3.57. The maximum atomic E-state index is 13.0. The summed E-state index contributed by atoms with van der Waals surface area (Å²) in [7, 11) is -3.57. The van der Waals surface area contributed by atoms with E-state index in [1.54, 1.807) is 6.92 Å². The fourth-order valence-corrected chi connectivity index (χ4v) is 5.57. The summed E-state index contributed by atoms with van der Waals surface area (Å²) in [4.78, 5) is 17.4. The van der Waals surface area contributed by atoms with Gasteiger partial charge >= 0.3 is 0 Å². The molecule has 0 saturated carbocycles. The number of nitrogens with one attached hydrogen (secondary N) is 1. The molecule has 11 heteroatoms. The number of rotatable bonds is 5. The Hall–Kier alpha value is -2.63. The first kappa shape index (κ1) is 19.7. The third-order valence-electron chi connectivity index (χ3n) is 4.43. The van der Waals surface area contributed by atoms with Crippen LogP contribution in [-0.4, -0.2) is 35.3 Å². The van der Waals surface area contributed by atoms with Gasteiger partial charge in [0.2, 0.25) is 10.0 Å². The second-order valence-electron chi connectivity index (χ2n) is 6.63. The summed E-state index contributed by atoms with van der Waals surface area (Å²) < 4.78 is 44.8. The van der Waals surface area contributed by atoms with Crippen LogP contribution in [-0.2, 0) is 28.7 Å². The number of anilines is 1. The molecule has 3 aromatic rings. The molecule has 152 valence electrons. The number of benzene rings is 1. The van der Waals surface area contributed by atoms with E-state index in [0.717, 1.165) is 10.6 Å². The van der Waals surface area contributed by atoms with Crippen molar-refractivity contribution in [2.75, 3.05) is 11.9 Å². The summed E-state index contributed by atoms with van der Waals surface area (Å²) in [6.07, 6.45) is 0.452. The number of carbonyl (C=O) groups is 1. The highest BCUT2D eigenvalue weighted by molar-refractivity contribution is 7.88. The monoisotopic (exact) mass is 436 g/mol. The lowest BCUT2D eigenvalue weighted by atomic mass is 10.2. The van der Waals surface area contributed by atoms with Crippen molar-refractivity contribution < 1.29 is 22.1 Å². The number of aryl methyl sites for hydroxylation is 1. The van der Waals surface area contributed by atoms with Crippen LogP contribution in [0.1, 0.15) is 32.4 Å². The van der Waals surface area contributed by atoms with Crippen LogP contribution in [0.5, 0.6) is 0 Å². The number of aromatic nitrogens is 2. The quantitative estimate of drug-likeness (QED) is 0.659. The molecule has 0 fully saturated rings. The van der Waals surface area contributed by atoms with Gasteiger partial charge < -0.3 is 4.52 Å². The van der Waals surface area contributed by atoms with Gasteiger partial charge in [-0.1, -0.05) is 17.3 Å². The van der Waals surface area contributed by atoms with Crippen LogP contribution in [0.25, 0.3) is 0 Å². The molecule has 1 aromatic carbocycles. The van der Waals surface area contributed by atoms with Crippen LogP contribution in [0.2, 0.25) is 0 Å². The predicted molar refractivity (Wildman–Crippen MR) is 104 cm³/mol. The number of halogens is 1. The Bertz CT molecular complexity index is 1150. The molecule has 4 rings (SSSR count). The second kappa shape index (κ2) is 7.65. The lowest BCUT2D eigenvalue weighted by Crippen LogP contribution is -2.36. The van der Waals surface area contributed by atoms with Gasteiger partial charge in [0.1, 0.15) is 11.6 Å². The van der Waals surface area contributed by atoms with E-state index in [0.29, 0.717) is 29.4 Å². The van der Waals surface area contributed by atoms with Crippen LogP contribution in [0.3, 0.4) is 0 Å². The van der Waals surface area contributed by atoms with Crippen LogP contribution in [0.15, 0.2) is 34.9 Å². The summed E-state index contributed by atoms with van der Waals surface area (Å²) in [6, 6.07) is 6.94. The van der Waals surface area contributed by atoms with Crippen LogP contribution in [0.4, 0.5) is 9.52 Å². The Morgan fingerprint density at radius 1 is 1.34 bits per heavy atom. The van der Waals surface area contributed by atoms with Gasteiger partial charge in [-0.25, -0.2) is 17.8 Å². The number of hydrogen-bond acceptors (Lipinski definition) is 7. The normalized spacial score (nSPS) is 14.6. The lowest BCUT2D eigenvalue weighted by molar-refractivity contribution is 0.101. The molecule has 0 atom stereocenters. The third kappa shape index (κ3) is 4.36. The Balaban J connectivity index is 1.45. The first-order chi connectivity index (χ1) is 13.8. The summed E-state index contributed by atoms with van der Waals surface area (Å²) in [5.41, 5.74) is 1.45. The minimum absolute atomic E-state index is 0.152. The topological polar surface area (TPSA) is 105 Å². The molecular weight excluding hydrogens is 419 g/mol. The molecule has 3 heterocycles. The van der Waals surface area contributed by atoms with Gasteiger partial charge in [-0.2, -0.15) is 4.31 Å². The van der Waals surface area contributed by atoms with Crippen molar-refractivity contribution in [3.05, 3.63) is 63.7 Å². The van der Waals surface area contributed by atoms with E-state index in [9.17, 15) is 17.6 Å². The maximum absolute atomic E-state index is 13.0. The highest BCUT2D eigenvalue weighted by atomic mass is 32.2. The molecule has 29 heavy (non-hydrogen) atoms. The molecule has 1 N–H and O–H groups in total. The number of thiazole rings is 1. The van der Waals surface area contributed by atoms with E-state index in [1.165, 1.54) is 46.0 Å². The molecule has 0 aliphatic carbocycles. The van der Waals surface area contributed by atoms with Gasteiger partial charge in [0.15, 0.2) is 10.8 Å². The Morgan fingerprint density at radius 3 is 2.79 bits per heavy atom. The average molecular weight is 436 g/mol. The van der Waals surface area contributed by atoms with Gasteiger partial charge in [0.25, 0.3) is 5.91 Å². The Kier molecular flexibility index (Phi) is 5.19. The first-order valence-electron chi connectivity index (χ1n) is 8.76. The highest BCUT2D eigenvalue weighted by Crippen LogP contribution is 2.30. The van der Waals surface area contributed by atoms with Crippen molar-refractivity contribution in [1.82, 2.24) is 14.4 Å². The van der Waals surface area contributed by atoms with Gasteiger partial charge in [-0.05, 0) is 24.6 Å². The van der Waals surface area contributed by atoms with Gasteiger partial charge in [-0.15, -0.1) is 11.3 Å². The standard InChI is InChI=1S/C18H17FN4O4S2/c1-11-8-15(22-27-11)17(24)21-18-20-14-6-7-23(9-16(14)28-18)29(25,26)10-12-2-4-13(19)5-3-12/h2-5,8H,6-7,9-10H2,1H3,(H,20,21,24). The van der Waals surface area contributed by atoms with Crippen LogP contribution < -0.4 is 5.32 Å². The number of hydrogen-bond donors (Lipinski definition) is 1. The fraction of sp³-hybridized carbons (Fsp3) is 0.278. The molecule has 0 spiro atoms. The first-order valence-corrected chi connectivity index (χ1v) is 11.2. The SMILES string of the molecule is Cc1cc(C(=O)Nc2nc3c(s2)CN(S(=O)(=O)Cc2ccc(F)cc2)CC3)no1. The van der Waals surface area contributed by atoms with Crippen molar-refractivity contribution in [2.45, 2.75) is 25.6 Å².